The first-order valence-corrected chi connectivity index (χ1v) is 11.1. The standard InChI is InChI=1S/C25H38N2O6/c1-17-10-12-18(13-11-17)14-15-20-19(16-30-25(8,9)31-20)27(22(29)33-24(5,6)7)26-21(28)32-23(2,3)4/h10-15,19-20H,16H2,1-9H3,(H,26,28)/t19?,20-/m0/s1. The zero-order chi connectivity index (χ0) is 25.0. The molecule has 2 atom stereocenters. The zero-order valence-electron chi connectivity index (χ0n) is 21.2. The molecule has 0 radical (unpaired) electrons. The van der Waals surface area contributed by atoms with Gasteiger partial charge in [-0.25, -0.2) is 20.0 Å². The molecule has 1 N–H and O–H groups in total. The van der Waals surface area contributed by atoms with E-state index in [-0.39, 0.29) is 6.61 Å². The number of ether oxygens (including phenoxy) is 4. The lowest BCUT2D eigenvalue weighted by Crippen LogP contribution is -2.63. The largest absolute Gasteiger partial charge is 0.443 e. The van der Waals surface area contributed by atoms with Crippen LogP contribution in [0.4, 0.5) is 9.59 Å². The summed E-state index contributed by atoms with van der Waals surface area (Å²) in [5.74, 6) is -0.871. The topological polar surface area (TPSA) is 86.3 Å². The van der Waals surface area contributed by atoms with Crippen molar-refractivity contribution in [1.82, 2.24) is 10.4 Å². The predicted octanol–water partition coefficient (Wildman–Crippen LogP) is 5.21. The molecule has 1 aliphatic heterocycles. The highest BCUT2D eigenvalue weighted by Crippen LogP contribution is 2.27. The Kier molecular flexibility index (Phi) is 8.19. The van der Waals surface area contributed by atoms with Crippen molar-refractivity contribution in [1.29, 1.82) is 0 Å². The third-order valence-electron chi connectivity index (χ3n) is 4.49. The van der Waals surface area contributed by atoms with E-state index in [1.165, 1.54) is 0 Å². The first kappa shape index (κ1) is 26.7. The van der Waals surface area contributed by atoms with E-state index in [1.54, 1.807) is 55.4 Å². The third kappa shape index (κ3) is 9.06. The molecular formula is C25H38N2O6. The van der Waals surface area contributed by atoms with Gasteiger partial charge < -0.3 is 18.9 Å². The highest BCUT2D eigenvalue weighted by molar-refractivity contribution is 5.75. The van der Waals surface area contributed by atoms with Gasteiger partial charge in [0.1, 0.15) is 23.3 Å². The number of hydrogen-bond donors (Lipinski definition) is 1. The number of hydrazine groups is 1. The Morgan fingerprint density at radius 3 is 2.18 bits per heavy atom. The Labute approximate surface area is 197 Å². The molecule has 2 rings (SSSR count). The molecule has 1 aromatic carbocycles. The Morgan fingerprint density at radius 2 is 1.64 bits per heavy atom. The van der Waals surface area contributed by atoms with Gasteiger partial charge in [0.05, 0.1) is 6.61 Å². The first-order chi connectivity index (χ1) is 15.0. The maximum absolute atomic E-state index is 13.1. The molecule has 1 aromatic rings. The fourth-order valence-electron chi connectivity index (χ4n) is 3.07. The summed E-state index contributed by atoms with van der Waals surface area (Å²) >= 11 is 0. The Balaban J connectivity index is 2.35. The number of nitrogens with zero attached hydrogens (tertiary/aromatic N) is 1. The second-order valence-electron chi connectivity index (χ2n) is 10.6. The van der Waals surface area contributed by atoms with Crippen molar-refractivity contribution in [2.24, 2.45) is 0 Å². The molecule has 33 heavy (non-hydrogen) atoms. The lowest BCUT2D eigenvalue weighted by molar-refractivity contribution is -0.283. The zero-order valence-corrected chi connectivity index (χ0v) is 21.2. The summed E-state index contributed by atoms with van der Waals surface area (Å²) in [6.07, 6.45) is 1.67. The predicted molar refractivity (Wildman–Crippen MR) is 126 cm³/mol. The van der Waals surface area contributed by atoms with Crippen LogP contribution < -0.4 is 5.43 Å². The SMILES string of the molecule is Cc1ccc(C=C[C@@H]2OC(C)(C)OCC2N(NC(=O)OC(C)(C)C)C(=O)OC(C)(C)C)cc1. The number of carbonyl (C=O) groups excluding carboxylic acids is 2. The number of carbonyl (C=O) groups is 2. The summed E-state index contributed by atoms with van der Waals surface area (Å²) in [4.78, 5) is 25.6. The Morgan fingerprint density at radius 1 is 1.06 bits per heavy atom. The van der Waals surface area contributed by atoms with Crippen molar-refractivity contribution < 1.29 is 28.5 Å². The van der Waals surface area contributed by atoms with Crippen LogP contribution in [0.3, 0.4) is 0 Å². The lowest BCUT2D eigenvalue weighted by Gasteiger charge is -2.44. The molecule has 1 fully saturated rings. The van der Waals surface area contributed by atoms with E-state index in [9.17, 15) is 9.59 Å². The molecule has 0 aromatic heterocycles. The van der Waals surface area contributed by atoms with E-state index in [0.29, 0.717) is 0 Å². The molecule has 8 nitrogen and oxygen atoms in total. The lowest BCUT2D eigenvalue weighted by atomic mass is 10.1. The van der Waals surface area contributed by atoms with Crippen molar-refractivity contribution in [2.75, 3.05) is 6.61 Å². The van der Waals surface area contributed by atoms with Crippen LogP contribution in [0.5, 0.6) is 0 Å². The van der Waals surface area contributed by atoms with Crippen LogP contribution in [0, 0.1) is 6.92 Å². The number of benzene rings is 1. The van der Waals surface area contributed by atoms with Gasteiger partial charge in [-0.05, 0) is 67.9 Å². The van der Waals surface area contributed by atoms with E-state index >= 15 is 0 Å². The van der Waals surface area contributed by atoms with Crippen LogP contribution >= 0.6 is 0 Å². The Hall–Kier alpha value is -2.58. The smallest absolute Gasteiger partial charge is 0.429 e. The summed E-state index contributed by atoms with van der Waals surface area (Å²) in [5.41, 5.74) is 3.16. The minimum absolute atomic E-state index is 0.116. The quantitative estimate of drug-likeness (QED) is 0.621. The minimum Gasteiger partial charge on any atom is -0.443 e. The average Bonchev–Trinajstić information content (AvgIpc) is 2.63. The number of hydrogen-bond acceptors (Lipinski definition) is 6. The van der Waals surface area contributed by atoms with Crippen molar-refractivity contribution in [3.63, 3.8) is 0 Å². The van der Waals surface area contributed by atoms with Crippen LogP contribution in [0.1, 0.15) is 66.5 Å². The van der Waals surface area contributed by atoms with Crippen molar-refractivity contribution in [3.8, 4) is 0 Å². The molecule has 184 valence electrons. The monoisotopic (exact) mass is 462 g/mol. The van der Waals surface area contributed by atoms with E-state index < -0.39 is 41.3 Å². The summed E-state index contributed by atoms with van der Waals surface area (Å²) < 4.78 is 22.8. The van der Waals surface area contributed by atoms with Gasteiger partial charge >= 0.3 is 12.2 Å². The second kappa shape index (κ2) is 10.1. The second-order valence-corrected chi connectivity index (χ2v) is 10.6. The van der Waals surface area contributed by atoms with Crippen LogP contribution in [0.25, 0.3) is 6.08 Å². The van der Waals surface area contributed by atoms with Gasteiger partial charge in [-0.1, -0.05) is 42.0 Å². The van der Waals surface area contributed by atoms with Gasteiger partial charge in [-0.15, -0.1) is 0 Å². The van der Waals surface area contributed by atoms with E-state index in [1.807, 2.05) is 43.3 Å². The number of nitrogens with one attached hydrogen (secondary N) is 1. The van der Waals surface area contributed by atoms with Gasteiger partial charge in [-0.2, -0.15) is 0 Å². The third-order valence-corrected chi connectivity index (χ3v) is 4.49. The van der Waals surface area contributed by atoms with Crippen LogP contribution in [0.2, 0.25) is 0 Å². The molecule has 0 aliphatic carbocycles. The summed E-state index contributed by atoms with van der Waals surface area (Å²) in [6, 6.07) is 7.33. The van der Waals surface area contributed by atoms with Gasteiger partial charge in [0.2, 0.25) is 0 Å². The number of amides is 2. The molecule has 1 heterocycles. The van der Waals surface area contributed by atoms with Crippen molar-refractivity contribution in [3.05, 3.63) is 41.5 Å². The molecule has 1 aliphatic rings. The van der Waals surface area contributed by atoms with Crippen molar-refractivity contribution in [2.45, 2.75) is 91.4 Å². The maximum Gasteiger partial charge on any atom is 0.429 e. The molecule has 0 spiro atoms. The summed E-state index contributed by atoms with van der Waals surface area (Å²) in [6.45, 7) is 16.2. The molecule has 8 heteroatoms. The van der Waals surface area contributed by atoms with Gasteiger partial charge in [-0.3, -0.25) is 0 Å². The van der Waals surface area contributed by atoms with E-state index in [0.717, 1.165) is 16.1 Å². The highest BCUT2D eigenvalue weighted by Gasteiger charge is 2.42. The van der Waals surface area contributed by atoms with E-state index in [2.05, 4.69) is 5.43 Å². The molecule has 2 amide bonds. The van der Waals surface area contributed by atoms with Crippen LogP contribution in [-0.2, 0) is 18.9 Å². The molecule has 1 unspecified atom stereocenters. The minimum atomic E-state index is -0.871. The fraction of sp³-hybridized carbons (Fsp3) is 0.600. The summed E-state index contributed by atoms with van der Waals surface area (Å²) in [5, 5.41) is 1.10. The van der Waals surface area contributed by atoms with Crippen molar-refractivity contribution >= 4 is 18.3 Å². The van der Waals surface area contributed by atoms with Crippen LogP contribution in [-0.4, -0.2) is 52.9 Å². The number of rotatable bonds is 3. The van der Waals surface area contributed by atoms with Gasteiger partial charge in [0.25, 0.3) is 0 Å². The normalized spacial score (nSPS) is 20.9. The van der Waals surface area contributed by atoms with Crippen LogP contribution in [0.15, 0.2) is 30.3 Å². The molecule has 1 saturated heterocycles. The number of aryl methyl sites for hydroxylation is 1. The highest BCUT2D eigenvalue weighted by atomic mass is 16.7. The van der Waals surface area contributed by atoms with Gasteiger partial charge in [0.15, 0.2) is 5.79 Å². The average molecular weight is 463 g/mol. The Bertz CT molecular complexity index is 849. The molecule has 0 saturated carbocycles. The van der Waals surface area contributed by atoms with Gasteiger partial charge in [0, 0.05) is 0 Å². The maximum atomic E-state index is 13.1. The summed E-state index contributed by atoms with van der Waals surface area (Å²) in [7, 11) is 0. The molecule has 0 bridgehead atoms. The first-order valence-electron chi connectivity index (χ1n) is 11.1. The fourth-order valence-corrected chi connectivity index (χ4v) is 3.07. The molecular weight excluding hydrogens is 424 g/mol. The van der Waals surface area contributed by atoms with E-state index in [4.69, 9.17) is 18.9 Å².